The van der Waals surface area contributed by atoms with Crippen LogP contribution in [0.3, 0.4) is 0 Å². The lowest BCUT2D eigenvalue weighted by molar-refractivity contribution is 0.280. The zero-order chi connectivity index (χ0) is 10.3. The van der Waals surface area contributed by atoms with Crippen molar-refractivity contribution in [2.45, 2.75) is 25.8 Å². The molecule has 78 valence electrons. The zero-order valence-electron chi connectivity index (χ0n) is 8.62. The van der Waals surface area contributed by atoms with E-state index in [1.165, 1.54) is 30.2 Å². The second-order valence-electron chi connectivity index (χ2n) is 4.44. The molecular weight excluding hydrogens is 206 g/mol. The monoisotopic (exact) mass is 219 g/mol. The number of hydrogen-bond acceptors (Lipinski definition) is 0. The summed E-state index contributed by atoms with van der Waals surface area (Å²) in [6.07, 6.45) is 6.32. The Balaban J connectivity index is 2.02. The van der Waals surface area contributed by atoms with Crippen LogP contribution in [0.4, 0.5) is 0 Å². The molecule has 1 aromatic heterocycles. The summed E-state index contributed by atoms with van der Waals surface area (Å²) in [6, 6.07) is 8.26. The Bertz CT molecular complexity index is 482. The van der Waals surface area contributed by atoms with Gasteiger partial charge in [-0.25, -0.2) is 0 Å². The smallest absolute Gasteiger partial charge is 0.0669 e. The molecular formula is C13H14ClN. The van der Waals surface area contributed by atoms with Crippen molar-refractivity contribution in [3.8, 4) is 0 Å². The third-order valence-electron chi connectivity index (χ3n) is 3.42. The van der Waals surface area contributed by atoms with Gasteiger partial charge in [0.05, 0.1) is 10.5 Å². The van der Waals surface area contributed by atoms with Gasteiger partial charge < -0.3 is 4.57 Å². The molecule has 0 saturated heterocycles. The first-order chi connectivity index (χ1) is 7.34. The number of benzene rings is 1. The third-order valence-corrected chi connectivity index (χ3v) is 3.72. The summed E-state index contributed by atoms with van der Waals surface area (Å²) in [4.78, 5) is 0. The van der Waals surface area contributed by atoms with Crippen LogP contribution in [0.1, 0.15) is 19.3 Å². The molecule has 1 nitrogen and oxygen atoms in total. The van der Waals surface area contributed by atoms with Crippen LogP contribution in [0, 0.1) is 5.92 Å². The van der Waals surface area contributed by atoms with Crippen LogP contribution in [0.15, 0.2) is 30.5 Å². The molecule has 0 spiro atoms. The van der Waals surface area contributed by atoms with Crippen LogP contribution in [0.2, 0.25) is 5.02 Å². The molecule has 1 heterocycles. The molecule has 3 rings (SSSR count). The van der Waals surface area contributed by atoms with Crippen LogP contribution in [0.5, 0.6) is 0 Å². The van der Waals surface area contributed by atoms with E-state index in [0.29, 0.717) is 0 Å². The Hall–Kier alpha value is -0.950. The van der Waals surface area contributed by atoms with Crippen LogP contribution >= 0.6 is 11.6 Å². The summed E-state index contributed by atoms with van der Waals surface area (Å²) < 4.78 is 2.31. The molecule has 1 fully saturated rings. The van der Waals surface area contributed by atoms with E-state index >= 15 is 0 Å². The van der Waals surface area contributed by atoms with Gasteiger partial charge in [0, 0.05) is 18.1 Å². The van der Waals surface area contributed by atoms with E-state index < -0.39 is 0 Å². The second kappa shape index (κ2) is 3.57. The van der Waals surface area contributed by atoms with Gasteiger partial charge in [-0.2, -0.15) is 0 Å². The van der Waals surface area contributed by atoms with Gasteiger partial charge in [-0.15, -0.1) is 0 Å². The molecule has 0 atom stereocenters. The maximum Gasteiger partial charge on any atom is 0.0669 e. The van der Waals surface area contributed by atoms with E-state index in [2.05, 4.69) is 22.9 Å². The van der Waals surface area contributed by atoms with E-state index in [1.807, 2.05) is 12.1 Å². The van der Waals surface area contributed by atoms with Crippen LogP contribution in [-0.4, -0.2) is 4.57 Å². The molecule has 2 heteroatoms. The van der Waals surface area contributed by atoms with E-state index in [0.717, 1.165) is 17.5 Å². The average molecular weight is 220 g/mol. The van der Waals surface area contributed by atoms with Crippen LogP contribution in [-0.2, 0) is 6.54 Å². The fourth-order valence-electron chi connectivity index (χ4n) is 2.32. The van der Waals surface area contributed by atoms with Crippen molar-refractivity contribution in [1.29, 1.82) is 0 Å². The Labute approximate surface area is 94.7 Å². The first kappa shape index (κ1) is 9.29. The highest BCUT2D eigenvalue weighted by atomic mass is 35.5. The normalized spacial score (nSPS) is 16.9. The molecule has 1 aliphatic rings. The summed E-state index contributed by atoms with van der Waals surface area (Å²) in [6.45, 7) is 1.13. The zero-order valence-corrected chi connectivity index (χ0v) is 9.37. The minimum atomic E-state index is 0.872. The molecule has 0 N–H and O–H groups in total. The summed E-state index contributed by atoms with van der Waals surface area (Å²) in [5, 5.41) is 2.12. The predicted molar refractivity (Wildman–Crippen MR) is 64.3 cm³/mol. The van der Waals surface area contributed by atoms with Crippen molar-refractivity contribution in [1.82, 2.24) is 4.57 Å². The second-order valence-corrected chi connectivity index (χ2v) is 4.85. The number of rotatable bonds is 2. The number of aromatic nitrogens is 1. The summed E-state index contributed by atoms with van der Waals surface area (Å²) in [5.74, 6) is 0.872. The lowest BCUT2D eigenvalue weighted by atomic mass is 9.85. The molecule has 1 saturated carbocycles. The van der Waals surface area contributed by atoms with E-state index in [-0.39, 0.29) is 0 Å². The van der Waals surface area contributed by atoms with Crippen molar-refractivity contribution >= 4 is 22.5 Å². The maximum atomic E-state index is 6.23. The van der Waals surface area contributed by atoms with Gasteiger partial charge in [0.15, 0.2) is 0 Å². The first-order valence-corrected chi connectivity index (χ1v) is 5.96. The van der Waals surface area contributed by atoms with E-state index in [1.54, 1.807) is 0 Å². The molecule has 0 radical (unpaired) electrons. The van der Waals surface area contributed by atoms with Gasteiger partial charge in [0.2, 0.25) is 0 Å². The number of fused-ring (bicyclic) bond motifs is 1. The highest BCUT2D eigenvalue weighted by Crippen LogP contribution is 2.31. The van der Waals surface area contributed by atoms with Gasteiger partial charge in [0.1, 0.15) is 0 Å². The fraction of sp³-hybridized carbons (Fsp3) is 0.385. The Kier molecular flexibility index (Phi) is 2.21. The Morgan fingerprint density at radius 2 is 2.13 bits per heavy atom. The molecule has 2 aromatic rings. The van der Waals surface area contributed by atoms with Gasteiger partial charge in [-0.05, 0) is 30.9 Å². The minimum Gasteiger partial charge on any atom is -0.346 e. The Morgan fingerprint density at radius 3 is 2.87 bits per heavy atom. The molecule has 1 aliphatic carbocycles. The Morgan fingerprint density at radius 1 is 1.27 bits per heavy atom. The fourth-order valence-corrected chi connectivity index (χ4v) is 2.61. The van der Waals surface area contributed by atoms with Crippen molar-refractivity contribution in [3.63, 3.8) is 0 Å². The van der Waals surface area contributed by atoms with Crippen molar-refractivity contribution < 1.29 is 0 Å². The predicted octanol–water partition coefficient (Wildman–Crippen LogP) is 4.09. The van der Waals surface area contributed by atoms with Crippen molar-refractivity contribution in [2.75, 3.05) is 0 Å². The molecule has 0 bridgehead atoms. The van der Waals surface area contributed by atoms with Gasteiger partial charge in [-0.1, -0.05) is 30.2 Å². The van der Waals surface area contributed by atoms with E-state index in [9.17, 15) is 0 Å². The highest BCUT2D eigenvalue weighted by molar-refractivity contribution is 6.35. The SMILES string of the molecule is Clc1cccc2ccn(CC3CCC3)c12. The van der Waals surface area contributed by atoms with Crippen molar-refractivity contribution in [3.05, 3.63) is 35.5 Å². The summed E-state index contributed by atoms with van der Waals surface area (Å²) >= 11 is 6.23. The topological polar surface area (TPSA) is 4.93 Å². The van der Waals surface area contributed by atoms with Crippen LogP contribution in [0.25, 0.3) is 10.9 Å². The van der Waals surface area contributed by atoms with Gasteiger partial charge in [0.25, 0.3) is 0 Å². The number of hydrogen-bond donors (Lipinski definition) is 0. The maximum absolute atomic E-state index is 6.23. The molecule has 0 unspecified atom stereocenters. The van der Waals surface area contributed by atoms with Gasteiger partial charge >= 0.3 is 0 Å². The third kappa shape index (κ3) is 1.55. The first-order valence-electron chi connectivity index (χ1n) is 5.58. The summed E-state index contributed by atoms with van der Waals surface area (Å²) in [5.41, 5.74) is 1.20. The molecule has 0 aliphatic heterocycles. The average Bonchev–Trinajstić information content (AvgIpc) is 2.56. The number of nitrogens with zero attached hydrogens (tertiary/aromatic N) is 1. The molecule has 1 aromatic carbocycles. The van der Waals surface area contributed by atoms with Crippen molar-refractivity contribution in [2.24, 2.45) is 5.92 Å². The number of para-hydroxylation sites is 1. The standard InChI is InChI=1S/C13H14ClN/c14-12-6-2-5-11-7-8-15(13(11)12)9-10-3-1-4-10/h2,5-8,10H,1,3-4,9H2. The molecule has 15 heavy (non-hydrogen) atoms. The van der Waals surface area contributed by atoms with Crippen LogP contribution < -0.4 is 0 Å². The lowest BCUT2D eigenvalue weighted by Gasteiger charge is -2.26. The number of halogens is 1. The summed E-state index contributed by atoms with van der Waals surface area (Å²) in [7, 11) is 0. The van der Waals surface area contributed by atoms with Gasteiger partial charge in [-0.3, -0.25) is 0 Å². The minimum absolute atomic E-state index is 0.872. The molecule has 0 amide bonds. The largest absolute Gasteiger partial charge is 0.346 e. The quantitative estimate of drug-likeness (QED) is 0.717. The van der Waals surface area contributed by atoms with E-state index in [4.69, 9.17) is 11.6 Å². The highest BCUT2D eigenvalue weighted by Gasteiger charge is 2.18. The lowest BCUT2D eigenvalue weighted by Crippen LogP contribution is -2.17.